The molecule has 0 fully saturated rings. The van der Waals surface area contributed by atoms with Gasteiger partial charge in [0.25, 0.3) is 5.69 Å². The van der Waals surface area contributed by atoms with E-state index < -0.39 is 10.9 Å². The Morgan fingerprint density at radius 2 is 1.88 bits per heavy atom. The van der Waals surface area contributed by atoms with Crippen LogP contribution < -0.4 is 20.7 Å². The molecule has 0 aliphatic carbocycles. The van der Waals surface area contributed by atoms with E-state index in [2.05, 4.69) is 0 Å². The Labute approximate surface area is 149 Å². The second kappa shape index (κ2) is 8.19. The fourth-order valence-electron chi connectivity index (χ4n) is 2.31. The first-order valence-electron chi connectivity index (χ1n) is 7.52. The second-order valence-electron chi connectivity index (χ2n) is 5.26. The standard InChI is InChI=1S/C17H19N3O6/c1-10-12(5-4-6-13(10)20(22)23)17(21)26-19-16(18)11-7-8-14(24-2)15(9-11)25-3/h4-9H,18-19H2,1-3H3. The summed E-state index contributed by atoms with van der Waals surface area (Å²) in [5.74, 6) is 0.269. The van der Waals surface area contributed by atoms with Gasteiger partial charge in [-0.15, -0.1) is 11.6 Å². The molecule has 4 N–H and O–H groups in total. The maximum absolute atomic E-state index is 12.2. The number of carbonyl (C=O) groups is 1. The topological polar surface area (TPSA) is 131 Å². The van der Waals surface area contributed by atoms with Crippen molar-refractivity contribution < 1.29 is 29.5 Å². The average Bonchev–Trinajstić information content (AvgIpc) is 2.65. The van der Waals surface area contributed by atoms with Crippen LogP contribution in [-0.4, -0.2) is 25.1 Å². The molecule has 26 heavy (non-hydrogen) atoms. The van der Waals surface area contributed by atoms with Crippen LogP contribution in [0.25, 0.3) is 0 Å². The molecule has 0 aliphatic heterocycles. The van der Waals surface area contributed by atoms with Crippen molar-refractivity contribution in [1.82, 2.24) is 0 Å². The lowest BCUT2D eigenvalue weighted by molar-refractivity contribution is -0.855. The van der Waals surface area contributed by atoms with E-state index in [-0.39, 0.29) is 23.0 Å². The largest absolute Gasteiger partial charge is 0.506 e. The molecule has 0 unspecified atom stereocenters. The molecular weight excluding hydrogens is 342 g/mol. The van der Waals surface area contributed by atoms with Gasteiger partial charge in [-0.25, -0.2) is 4.79 Å². The molecule has 2 aromatic rings. The molecule has 9 nitrogen and oxygen atoms in total. The number of nitro benzene ring substituents is 1. The summed E-state index contributed by atoms with van der Waals surface area (Å²) in [6.45, 7) is 1.48. The summed E-state index contributed by atoms with van der Waals surface area (Å²) in [6.07, 6.45) is 0.183. The summed E-state index contributed by atoms with van der Waals surface area (Å²) in [5, 5.41) is 11.0. The smallest absolute Gasteiger partial charge is 0.397 e. The minimum Gasteiger partial charge on any atom is -0.506 e. The molecule has 2 rings (SSSR count). The fraction of sp³-hybridized carbons (Fsp3) is 0.176. The number of quaternary nitrogens is 1. The number of hydrogen-bond acceptors (Lipinski definition) is 7. The van der Waals surface area contributed by atoms with Crippen LogP contribution in [0, 0.1) is 23.2 Å². The first-order valence-corrected chi connectivity index (χ1v) is 7.52. The minimum absolute atomic E-state index is 0.0931. The summed E-state index contributed by atoms with van der Waals surface area (Å²) in [5.41, 5.74) is 7.74. The lowest BCUT2D eigenvalue weighted by atomic mass is 10.1. The number of rotatable bonds is 7. The Morgan fingerprint density at radius 3 is 2.50 bits per heavy atom. The number of ether oxygens (including phenoxy) is 2. The average molecular weight is 361 g/mol. The van der Waals surface area contributed by atoms with E-state index in [1.807, 2.05) is 0 Å². The molecule has 0 amide bonds. The van der Waals surface area contributed by atoms with Crippen LogP contribution in [-0.2, 0) is 4.84 Å². The highest BCUT2D eigenvalue weighted by atomic mass is 16.7. The van der Waals surface area contributed by atoms with Gasteiger partial charge in [0, 0.05) is 11.6 Å². The predicted molar refractivity (Wildman–Crippen MR) is 91.3 cm³/mol. The van der Waals surface area contributed by atoms with Crippen molar-refractivity contribution in [1.29, 1.82) is 0 Å². The zero-order chi connectivity index (χ0) is 19.3. The summed E-state index contributed by atoms with van der Waals surface area (Å²) < 4.78 is 10.3. The number of hydrogen-bond donors (Lipinski definition) is 2. The Morgan fingerprint density at radius 1 is 1.19 bits per heavy atom. The Bertz CT molecular complexity index is 824. The first-order chi connectivity index (χ1) is 12.4. The lowest BCUT2D eigenvalue weighted by Gasteiger charge is -2.19. The highest BCUT2D eigenvalue weighted by molar-refractivity contribution is 5.91. The number of carbonyl (C=O) groups excluding carboxylic acids is 1. The molecule has 0 aromatic heterocycles. The van der Waals surface area contributed by atoms with Gasteiger partial charge >= 0.3 is 5.97 Å². The third-order valence-corrected chi connectivity index (χ3v) is 3.73. The van der Waals surface area contributed by atoms with Gasteiger partial charge in [-0.05, 0) is 13.0 Å². The molecule has 0 aliphatic rings. The molecule has 0 bridgehead atoms. The van der Waals surface area contributed by atoms with E-state index in [1.165, 1.54) is 39.3 Å². The zero-order valence-corrected chi connectivity index (χ0v) is 14.5. The molecule has 9 heteroatoms. The van der Waals surface area contributed by atoms with Crippen molar-refractivity contribution in [2.75, 3.05) is 14.2 Å². The van der Waals surface area contributed by atoms with Crippen LogP contribution in [0.2, 0.25) is 0 Å². The van der Waals surface area contributed by atoms with Crippen molar-refractivity contribution in [3.8, 4) is 11.5 Å². The summed E-state index contributed by atoms with van der Waals surface area (Å²) in [4.78, 5) is 27.7. The van der Waals surface area contributed by atoms with Gasteiger partial charge in [0.1, 0.15) is 17.7 Å². The SMILES string of the molecule is COc1ccc([C-](N)[NH2+]OC(=O)c2cccc([N+](=O)[O-])c2C)cc1OC. The zero-order valence-electron chi connectivity index (χ0n) is 14.5. The third-order valence-electron chi connectivity index (χ3n) is 3.73. The molecule has 138 valence electrons. The number of hydroxylamine groups is 1. The number of nitrogens with two attached hydrogens (primary N) is 2. The number of nitrogens with zero attached hydrogens (tertiary/aromatic N) is 1. The number of methoxy groups -OCH3 is 2. The van der Waals surface area contributed by atoms with Gasteiger partial charge in [0.2, 0.25) is 0 Å². The molecule has 0 heterocycles. The van der Waals surface area contributed by atoms with E-state index in [0.717, 1.165) is 5.48 Å². The molecule has 0 saturated heterocycles. The van der Waals surface area contributed by atoms with Gasteiger partial charge in [-0.2, -0.15) is 11.5 Å². The lowest BCUT2D eigenvalue weighted by Crippen LogP contribution is -2.88. The predicted octanol–water partition coefficient (Wildman–Crippen LogP) is 1.05. The Hall–Kier alpha value is -3.30. The number of nitro groups is 1. The van der Waals surface area contributed by atoms with Crippen molar-refractivity contribution in [3.05, 3.63) is 69.4 Å². The van der Waals surface area contributed by atoms with Gasteiger partial charge < -0.3 is 15.2 Å². The van der Waals surface area contributed by atoms with Crippen molar-refractivity contribution in [2.24, 2.45) is 5.73 Å². The van der Waals surface area contributed by atoms with Crippen LogP contribution in [0.15, 0.2) is 36.4 Å². The van der Waals surface area contributed by atoms with E-state index in [9.17, 15) is 14.9 Å². The maximum Gasteiger partial charge on any atom is 0.397 e. The molecular formula is C17H19N3O6. The quantitative estimate of drug-likeness (QED) is 0.428. The molecule has 0 saturated carbocycles. The van der Waals surface area contributed by atoms with Gasteiger partial charge in [-0.3, -0.25) is 15.0 Å². The van der Waals surface area contributed by atoms with Crippen molar-refractivity contribution in [3.63, 3.8) is 0 Å². The van der Waals surface area contributed by atoms with E-state index in [1.54, 1.807) is 18.2 Å². The Kier molecular flexibility index (Phi) is 5.99. The summed E-state index contributed by atoms with van der Waals surface area (Å²) in [7, 11) is 3.01. The minimum atomic E-state index is -0.741. The number of benzene rings is 2. The highest BCUT2D eigenvalue weighted by Gasteiger charge is 2.21. The fourth-order valence-corrected chi connectivity index (χ4v) is 2.31. The van der Waals surface area contributed by atoms with Crippen LogP contribution in [0.3, 0.4) is 0 Å². The second-order valence-corrected chi connectivity index (χ2v) is 5.26. The molecule has 0 spiro atoms. The molecule has 0 atom stereocenters. The summed E-state index contributed by atoms with van der Waals surface area (Å²) in [6, 6.07) is 9.17. The van der Waals surface area contributed by atoms with E-state index >= 15 is 0 Å². The van der Waals surface area contributed by atoms with Crippen molar-refractivity contribution in [2.45, 2.75) is 6.92 Å². The van der Waals surface area contributed by atoms with Gasteiger partial charge in [0.05, 0.1) is 24.7 Å². The first kappa shape index (κ1) is 19.0. The van der Waals surface area contributed by atoms with Crippen LogP contribution in [0.1, 0.15) is 21.5 Å². The molecule has 0 radical (unpaired) electrons. The van der Waals surface area contributed by atoms with Crippen LogP contribution in [0.5, 0.6) is 11.5 Å². The van der Waals surface area contributed by atoms with Gasteiger partial charge in [-0.1, -0.05) is 12.1 Å². The normalized spacial score (nSPS) is 10.2. The highest BCUT2D eigenvalue weighted by Crippen LogP contribution is 2.28. The molecule has 2 aromatic carbocycles. The van der Waals surface area contributed by atoms with Gasteiger partial charge in [0.15, 0.2) is 0 Å². The maximum atomic E-state index is 12.2. The van der Waals surface area contributed by atoms with Crippen molar-refractivity contribution >= 4 is 11.7 Å². The van der Waals surface area contributed by atoms with Crippen LogP contribution in [0.4, 0.5) is 5.69 Å². The van der Waals surface area contributed by atoms with Crippen LogP contribution >= 0.6 is 0 Å². The van der Waals surface area contributed by atoms with E-state index in [0.29, 0.717) is 17.1 Å². The monoisotopic (exact) mass is 361 g/mol. The van der Waals surface area contributed by atoms with E-state index in [4.69, 9.17) is 20.0 Å². The summed E-state index contributed by atoms with van der Waals surface area (Å²) >= 11 is 0. The Balaban J connectivity index is 2.10. The third kappa shape index (κ3) is 4.02.